The molecule has 0 radical (unpaired) electrons. The van der Waals surface area contributed by atoms with E-state index in [1.807, 2.05) is 0 Å². The van der Waals surface area contributed by atoms with Gasteiger partial charge in [-0.25, -0.2) is 0 Å². The molecule has 0 atom stereocenters. The van der Waals surface area contributed by atoms with Crippen LogP contribution in [0.5, 0.6) is 0 Å². The maximum absolute atomic E-state index is 6.18. The van der Waals surface area contributed by atoms with Crippen LogP contribution in [-0.2, 0) is 8.85 Å². The van der Waals surface area contributed by atoms with E-state index in [9.17, 15) is 0 Å². The zero-order valence-electron chi connectivity index (χ0n) is 21.9. The zero-order chi connectivity index (χ0) is 25.4. The van der Waals surface area contributed by atoms with Crippen molar-refractivity contribution in [1.82, 2.24) is 0 Å². The Labute approximate surface area is 228 Å². The molecule has 0 fully saturated rings. The first-order chi connectivity index (χ1) is 18.4. The van der Waals surface area contributed by atoms with Crippen molar-refractivity contribution in [3.63, 3.8) is 0 Å². The van der Waals surface area contributed by atoms with Gasteiger partial charge < -0.3 is 8.85 Å². The van der Waals surface area contributed by atoms with Crippen LogP contribution < -0.4 is 0 Å². The first-order valence-corrected chi connectivity index (χ1v) is 16.9. The third-order valence-electron chi connectivity index (χ3n) is 6.99. The van der Waals surface area contributed by atoms with Gasteiger partial charge in [0.1, 0.15) is 0 Å². The van der Waals surface area contributed by atoms with Gasteiger partial charge in [0.05, 0.1) is 0 Å². The van der Waals surface area contributed by atoms with Gasteiger partial charge in [-0.15, -0.1) is 0 Å². The van der Waals surface area contributed by atoms with Crippen LogP contribution >= 0.6 is 0 Å². The summed E-state index contributed by atoms with van der Waals surface area (Å²) in [7, 11) is -0.894. The van der Waals surface area contributed by atoms with Crippen molar-refractivity contribution in [3.8, 4) is 0 Å². The summed E-state index contributed by atoms with van der Waals surface area (Å²) in [5.41, 5.74) is 5.51. The van der Waals surface area contributed by atoms with E-state index in [0.717, 1.165) is 26.1 Å². The van der Waals surface area contributed by atoms with E-state index < -0.39 is 19.5 Å². The first-order valence-electron chi connectivity index (χ1n) is 13.8. The van der Waals surface area contributed by atoms with Crippen molar-refractivity contribution in [2.24, 2.45) is 0 Å². The zero-order valence-corrected chi connectivity index (χ0v) is 24.7. The monoisotopic (exact) mass is 524 g/mol. The molecule has 0 saturated carbocycles. The van der Waals surface area contributed by atoms with Crippen LogP contribution in [0.4, 0.5) is 0 Å². The molecule has 4 rings (SSSR count). The Bertz CT molecular complexity index is 938. The Balaban J connectivity index is 1.09. The Kier molecular flexibility index (Phi) is 11.9. The normalized spacial score (nSPS) is 11.9. The minimum atomic E-state index is -0.447. The molecule has 0 aliphatic carbocycles. The van der Waals surface area contributed by atoms with E-state index in [1.165, 1.54) is 40.8 Å². The van der Waals surface area contributed by atoms with Gasteiger partial charge in [-0.05, 0) is 47.2 Å². The third kappa shape index (κ3) is 9.24. The maximum Gasteiger partial charge on any atom is 0.161 e. The fraction of sp³-hybridized carbons (Fsp3) is 0.273. The van der Waals surface area contributed by atoms with Crippen LogP contribution in [0.3, 0.4) is 0 Å². The third-order valence-corrected chi connectivity index (χ3v) is 9.72. The molecule has 0 unspecified atom stereocenters. The highest BCUT2D eigenvalue weighted by atomic mass is 28.2. The van der Waals surface area contributed by atoms with Crippen LogP contribution in [0.2, 0.25) is 12.1 Å². The minimum Gasteiger partial charge on any atom is -0.424 e. The topological polar surface area (TPSA) is 18.5 Å². The molecule has 0 spiro atoms. The molecule has 37 heavy (non-hydrogen) atoms. The molecule has 0 aliphatic rings. The largest absolute Gasteiger partial charge is 0.424 e. The second-order valence-electron chi connectivity index (χ2n) is 9.61. The van der Waals surface area contributed by atoms with E-state index >= 15 is 0 Å². The SMILES string of the molecule is c1ccc(C(CCO[SiH2]CCC[SiH2]OCCC(c2ccccc2)c2ccccc2)c2ccccc2)cc1. The Hall–Kier alpha value is -2.77. The van der Waals surface area contributed by atoms with Gasteiger partial charge in [0.2, 0.25) is 0 Å². The Morgan fingerprint density at radius 2 is 0.730 bits per heavy atom. The predicted octanol–water partition coefficient (Wildman–Crippen LogP) is 6.86. The molecule has 0 aromatic heterocycles. The fourth-order valence-corrected chi connectivity index (χ4v) is 7.96. The summed E-state index contributed by atoms with van der Waals surface area (Å²) in [6, 6.07) is 45.9. The highest BCUT2D eigenvalue weighted by molar-refractivity contribution is 6.29. The second-order valence-corrected chi connectivity index (χ2v) is 12.7. The second kappa shape index (κ2) is 16.2. The number of hydrogen-bond acceptors (Lipinski definition) is 2. The molecule has 4 heteroatoms. The Morgan fingerprint density at radius 3 is 1.03 bits per heavy atom. The summed E-state index contributed by atoms with van der Waals surface area (Å²) in [5.74, 6) is 0.820. The summed E-state index contributed by atoms with van der Waals surface area (Å²) in [4.78, 5) is 0. The van der Waals surface area contributed by atoms with Crippen molar-refractivity contribution in [2.75, 3.05) is 13.2 Å². The van der Waals surface area contributed by atoms with E-state index in [2.05, 4.69) is 121 Å². The van der Waals surface area contributed by atoms with E-state index in [4.69, 9.17) is 8.85 Å². The van der Waals surface area contributed by atoms with E-state index in [-0.39, 0.29) is 0 Å². The Morgan fingerprint density at radius 1 is 0.432 bits per heavy atom. The number of benzene rings is 4. The summed E-state index contributed by atoms with van der Waals surface area (Å²) >= 11 is 0. The molecule has 192 valence electrons. The van der Waals surface area contributed by atoms with Crippen LogP contribution in [0.1, 0.15) is 53.4 Å². The van der Waals surface area contributed by atoms with Gasteiger partial charge in [-0.2, -0.15) is 0 Å². The van der Waals surface area contributed by atoms with E-state index in [0.29, 0.717) is 11.8 Å². The molecule has 0 bridgehead atoms. The first kappa shape index (κ1) is 27.3. The van der Waals surface area contributed by atoms with Crippen molar-refractivity contribution in [3.05, 3.63) is 144 Å². The van der Waals surface area contributed by atoms with Crippen LogP contribution in [-0.4, -0.2) is 32.7 Å². The molecule has 0 saturated heterocycles. The summed E-state index contributed by atoms with van der Waals surface area (Å²) < 4.78 is 12.4. The molecule has 4 aromatic carbocycles. The number of rotatable bonds is 16. The van der Waals surface area contributed by atoms with Crippen molar-refractivity contribution < 1.29 is 8.85 Å². The summed E-state index contributed by atoms with van der Waals surface area (Å²) in [6.45, 7) is 1.71. The molecule has 0 amide bonds. The van der Waals surface area contributed by atoms with Crippen molar-refractivity contribution >= 4 is 19.5 Å². The van der Waals surface area contributed by atoms with Gasteiger partial charge in [-0.3, -0.25) is 0 Å². The summed E-state index contributed by atoms with van der Waals surface area (Å²) in [5, 5.41) is 0. The quantitative estimate of drug-likeness (QED) is 0.118. The molecule has 4 aromatic rings. The smallest absolute Gasteiger partial charge is 0.161 e. The average molecular weight is 525 g/mol. The maximum atomic E-state index is 6.18. The van der Waals surface area contributed by atoms with Gasteiger partial charge in [-0.1, -0.05) is 128 Å². The standard InChI is InChI=1S/C33H40O2Si2/c1-5-14-28(15-6-1)32(29-16-7-2-8-17-29)22-24-34-36-26-13-27-37-35-25-23-33(30-18-9-3-10-19-30)31-20-11-4-12-21-31/h1-12,14-21,32-33H,13,22-27,36-37H2. The molecule has 0 aliphatic heterocycles. The lowest BCUT2D eigenvalue weighted by atomic mass is 9.89. The van der Waals surface area contributed by atoms with Crippen molar-refractivity contribution in [2.45, 2.75) is 43.2 Å². The fourth-order valence-electron chi connectivity index (χ4n) is 4.98. The molecule has 0 heterocycles. The van der Waals surface area contributed by atoms with Gasteiger partial charge >= 0.3 is 0 Å². The average Bonchev–Trinajstić information content (AvgIpc) is 2.97. The van der Waals surface area contributed by atoms with Gasteiger partial charge in [0.25, 0.3) is 0 Å². The molecular formula is C33H40O2Si2. The minimum absolute atomic E-state index is 0.410. The van der Waals surface area contributed by atoms with Gasteiger partial charge in [0.15, 0.2) is 19.5 Å². The van der Waals surface area contributed by atoms with Crippen LogP contribution in [0.15, 0.2) is 121 Å². The summed E-state index contributed by atoms with van der Waals surface area (Å²) in [6.07, 6.45) is 3.35. The lowest BCUT2D eigenvalue weighted by Gasteiger charge is -2.18. The highest BCUT2D eigenvalue weighted by Crippen LogP contribution is 2.28. The van der Waals surface area contributed by atoms with Crippen LogP contribution in [0, 0.1) is 0 Å². The predicted molar refractivity (Wildman–Crippen MR) is 162 cm³/mol. The number of hydrogen-bond donors (Lipinski definition) is 0. The molecular weight excluding hydrogens is 485 g/mol. The van der Waals surface area contributed by atoms with Crippen LogP contribution in [0.25, 0.3) is 0 Å². The molecule has 0 N–H and O–H groups in total. The van der Waals surface area contributed by atoms with Crippen molar-refractivity contribution in [1.29, 1.82) is 0 Å². The lowest BCUT2D eigenvalue weighted by molar-refractivity contribution is 0.316. The van der Waals surface area contributed by atoms with E-state index in [1.54, 1.807) is 0 Å². The van der Waals surface area contributed by atoms with Gasteiger partial charge in [0, 0.05) is 25.0 Å². The lowest BCUT2D eigenvalue weighted by Crippen LogP contribution is -2.09. The highest BCUT2D eigenvalue weighted by Gasteiger charge is 2.14. The molecule has 2 nitrogen and oxygen atoms in total.